The lowest BCUT2D eigenvalue weighted by atomic mass is 10.1. The zero-order chi connectivity index (χ0) is 13.1. The Kier molecular flexibility index (Phi) is 4.01. The van der Waals surface area contributed by atoms with Crippen LogP contribution in [0.1, 0.15) is 10.4 Å². The Hall–Kier alpha value is -1.69. The van der Waals surface area contributed by atoms with Crippen LogP contribution >= 0.6 is 0 Å². The van der Waals surface area contributed by atoms with Crippen LogP contribution in [0, 0.1) is 0 Å². The molecule has 0 aliphatic heterocycles. The molecule has 5 nitrogen and oxygen atoms in total. The highest BCUT2D eigenvalue weighted by atomic mass is 32.2. The molecule has 0 saturated heterocycles. The van der Waals surface area contributed by atoms with Crippen molar-refractivity contribution in [3.05, 3.63) is 29.8 Å². The molecule has 0 unspecified atom stereocenters. The van der Waals surface area contributed by atoms with E-state index in [4.69, 9.17) is 0 Å². The number of nitrogens with zero attached hydrogens (tertiary/aromatic N) is 1. The van der Waals surface area contributed by atoms with Crippen molar-refractivity contribution in [2.24, 2.45) is 0 Å². The largest absolute Gasteiger partial charge is 0.318 e. The molecule has 1 aromatic carbocycles. The molecule has 0 fully saturated rings. The lowest BCUT2D eigenvalue weighted by molar-refractivity contribution is -0.107. The van der Waals surface area contributed by atoms with E-state index in [1.807, 2.05) is 0 Å². The van der Waals surface area contributed by atoms with Crippen LogP contribution in [-0.2, 0) is 14.6 Å². The highest BCUT2D eigenvalue weighted by Gasteiger charge is 2.13. The summed E-state index contributed by atoms with van der Waals surface area (Å²) in [6.45, 7) is 0. The number of sulfone groups is 1. The third-order valence-electron chi connectivity index (χ3n) is 2.15. The van der Waals surface area contributed by atoms with Gasteiger partial charge in [0, 0.05) is 24.6 Å². The standard InChI is InChI=1S/C11H13NO4S/c1-12(8-13)10-5-3-9(4-6-10)11(14)7-17(2,15)16/h3-6,8H,7H2,1-2H3. The topological polar surface area (TPSA) is 71.5 Å². The predicted molar refractivity (Wildman–Crippen MR) is 65.0 cm³/mol. The van der Waals surface area contributed by atoms with Gasteiger partial charge < -0.3 is 4.90 Å². The smallest absolute Gasteiger partial charge is 0.213 e. The van der Waals surface area contributed by atoms with Gasteiger partial charge in [-0.1, -0.05) is 0 Å². The van der Waals surface area contributed by atoms with Crippen molar-refractivity contribution in [1.82, 2.24) is 0 Å². The molecule has 0 radical (unpaired) electrons. The zero-order valence-electron chi connectivity index (χ0n) is 9.58. The van der Waals surface area contributed by atoms with E-state index in [0.717, 1.165) is 6.26 Å². The zero-order valence-corrected chi connectivity index (χ0v) is 10.4. The van der Waals surface area contributed by atoms with Crippen LogP contribution < -0.4 is 4.90 Å². The number of rotatable bonds is 5. The minimum absolute atomic E-state index is 0.318. The maximum Gasteiger partial charge on any atom is 0.213 e. The number of hydrogen-bond acceptors (Lipinski definition) is 4. The highest BCUT2D eigenvalue weighted by Crippen LogP contribution is 2.13. The maximum absolute atomic E-state index is 11.5. The first-order chi connectivity index (χ1) is 7.83. The maximum atomic E-state index is 11.5. The third kappa shape index (κ3) is 3.99. The highest BCUT2D eigenvalue weighted by molar-refractivity contribution is 7.91. The molecular formula is C11H13NO4S. The summed E-state index contributed by atoms with van der Waals surface area (Å²) in [6.07, 6.45) is 1.66. The molecule has 0 bridgehead atoms. The van der Waals surface area contributed by atoms with E-state index in [0.29, 0.717) is 17.7 Å². The molecule has 1 amide bonds. The molecule has 1 rings (SSSR count). The van der Waals surface area contributed by atoms with Crippen LogP contribution in [0.15, 0.2) is 24.3 Å². The van der Waals surface area contributed by atoms with E-state index < -0.39 is 21.4 Å². The average Bonchev–Trinajstić information content (AvgIpc) is 2.26. The van der Waals surface area contributed by atoms with Gasteiger partial charge in [0.25, 0.3) is 0 Å². The van der Waals surface area contributed by atoms with Crippen molar-refractivity contribution in [3.8, 4) is 0 Å². The van der Waals surface area contributed by atoms with Crippen molar-refractivity contribution in [2.45, 2.75) is 0 Å². The Balaban J connectivity index is 2.88. The normalized spacial score (nSPS) is 10.9. The van der Waals surface area contributed by atoms with E-state index in [1.165, 1.54) is 17.0 Å². The van der Waals surface area contributed by atoms with E-state index in [9.17, 15) is 18.0 Å². The van der Waals surface area contributed by atoms with Gasteiger partial charge >= 0.3 is 0 Å². The number of ketones is 1. The Morgan fingerprint density at radius 3 is 2.24 bits per heavy atom. The summed E-state index contributed by atoms with van der Waals surface area (Å²) >= 11 is 0. The summed E-state index contributed by atoms with van der Waals surface area (Å²) in [5, 5.41) is 0. The number of anilines is 1. The van der Waals surface area contributed by atoms with Gasteiger partial charge in [-0.15, -0.1) is 0 Å². The van der Waals surface area contributed by atoms with Crippen molar-refractivity contribution in [1.29, 1.82) is 0 Å². The van der Waals surface area contributed by atoms with Gasteiger partial charge in [-0.25, -0.2) is 8.42 Å². The van der Waals surface area contributed by atoms with Crippen molar-refractivity contribution in [3.63, 3.8) is 0 Å². The first-order valence-electron chi connectivity index (χ1n) is 4.82. The number of carbonyl (C=O) groups excluding carboxylic acids is 2. The van der Waals surface area contributed by atoms with E-state index in [-0.39, 0.29) is 0 Å². The van der Waals surface area contributed by atoms with Gasteiger partial charge in [0.2, 0.25) is 6.41 Å². The molecule has 0 saturated carbocycles. The number of carbonyl (C=O) groups is 2. The summed E-state index contributed by atoms with van der Waals surface area (Å²) in [7, 11) is -1.74. The molecule has 0 spiro atoms. The van der Waals surface area contributed by atoms with Gasteiger partial charge in [-0.3, -0.25) is 9.59 Å². The average molecular weight is 255 g/mol. The SMILES string of the molecule is CN(C=O)c1ccc(C(=O)CS(C)(=O)=O)cc1. The van der Waals surface area contributed by atoms with Gasteiger partial charge in [-0.2, -0.15) is 0 Å². The van der Waals surface area contributed by atoms with E-state index in [1.54, 1.807) is 19.2 Å². The van der Waals surface area contributed by atoms with Crippen LogP contribution in [0.25, 0.3) is 0 Å². The fourth-order valence-corrected chi connectivity index (χ4v) is 1.91. The van der Waals surface area contributed by atoms with Crippen LogP contribution in [0.2, 0.25) is 0 Å². The van der Waals surface area contributed by atoms with Crippen molar-refractivity contribution < 1.29 is 18.0 Å². The first kappa shape index (κ1) is 13.4. The Labute approximate surface area is 100.0 Å². The Morgan fingerprint density at radius 2 is 1.82 bits per heavy atom. The summed E-state index contributed by atoms with van der Waals surface area (Å²) in [5.74, 6) is -0.955. The molecule has 0 N–H and O–H groups in total. The fourth-order valence-electron chi connectivity index (χ4n) is 1.26. The Bertz CT molecular complexity index is 519. The number of Topliss-reactive ketones (excluding diaryl/α,β-unsaturated/α-hetero) is 1. The number of hydrogen-bond donors (Lipinski definition) is 0. The third-order valence-corrected chi connectivity index (χ3v) is 2.93. The molecule has 0 atom stereocenters. The molecular weight excluding hydrogens is 242 g/mol. The van der Waals surface area contributed by atoms with E-state index in [2.05, 4.69) is 0 Å². The van der Waals surface area contributed by atoms with Gasteiger partial charge in [0.15, 0.2) is 15.6 Å². The van der Waals surface area contributed by atoms with Crippen LogP contribution in [0.3, 0.4) is 0 Å². The van der Waals surface area contributed by atoms with Gasteiger partial charge in [0.05, 0.1) is 0 Å². The summed E-state index contributed by atoms with van der Waals surface area (Å²) < 4.78 is 21.9. The Morgan fingerprint density at radius 1 is 1.29 bits per heavy atom. The van der Waals surface area contributed by atoms with Crippen molar-refractivity contribution >= 4 is 27.7 Å². The van der Waals surface area contributed by atoms with Crippen LogP contribution in [0.4, 0.5) is 5.69 Å². The lowest BCUT2D eigenvalue weighted by Gasteiger charge is -2.10. The molecule has 17 heavy (non-hydrogen) atoms. The lowest BCUT2D eigenvalue weighted by Crippen LogP contribution is -2.16. The quantitative estimate of drug-likeness (QED) is 0.567. The fraction of sp³-hybridized carbons (Fsp3) is 0.273. The summed E-state index contributed by atoms with van der Waals surface area (Å²) in [6, 6.07) is 6.18. The molecule has 6 heteroatoms. The van der Waals surface area contributed by atoms with Gasteiger partial charge in [0.1, 0.15) is 5.75 Å². The molecule has 0 aliphatic carbocycles. The molecule has 92 valence electrons. The summed E-state index contributed by atoms with van der Waals surface area (Å²) in [5.41, 5.74) is 0.953. The molecule has 0 aromatic heterocycles. The monoisotopic (exact) mass is 255 g/mol. The second-order valence-electron chi connectivity index (χ2n) is 3.76. The van der Waals surface area contributed by atoms with Gasteiger partial charge in [-0.05, 0) is 24.3 Å². The minimum atomic E-state index is -3.32. The van der Waals surface area contributed by atoms with Crippen LogP contribution in [0.5, 0.6) is 0 Å². The molecule has 0 heterocycles. The minimum Gasteiger partial charge on any atom is -0.318 e. The second-order valence-corrected chi connectivity index (χ2v) is 5.90. The van der Waals surface area contributed by atoms with Crippen molar-refractivity contribution in [2.75, 3.05) is 24.0 Å². The molecule has 1 aromatic rings. The van der Waals surface area contributed by atoms with E-state index >= 15 is 0 Å². The molecule has 0 aliphatic rings. The summed E-state index contributed by atoms with van der Waals surface area (Å²) in [4.78, 5) is 23.4. The first-order valence-corrected chi connectivity index (χ1v) is 6.88. The number of amides is 1. The number of benzene rings is 1. The second kappa shape index (κ2) is 5.09. The predicted octanol–water partition coefficient (Wildman–Crippen LogP) is 0.506. The van der Waals surface area contributed by atoms with Crippen LogP contribution in [-0.4, -0.2) is 39.7 Å².